The van der Waals surface area contributed by atoms with Crippen molar-refractivity contribution in [3.8, 4) is 0 Å². The van der Waals surface area contributed by atoms with Crippen molar-refractivity contribution in [3.05, 3.63) is 0 Å². The summed E-state index contributed by atoms with van der Waals surface area (Å²) in [6, 6.07) is 0.819. The lowest BCUT2D eigenvalue weighted by atomic mass is 9.87. The van der Waals surface area contributed by atoms with Crippen LogP contribution in [0.1, 0.15) is 32.6 Å². The molecule has 3 nitrogen and oxygen atoms in total. The molecule has 0 spiro atoms. The maximum absolute atomic E-state index is 5.62. The maximum Gasteiger partial charge on any atom is 0.0604 e. The van der Waals surface area contributed by atoms with Gasteiger partial charge in [-0.1, -0.05) is 0 Å². The predicted molar refractivity (Wildman–Crippen MR) is 62.1 cm³/mol. The van der Waals surface area contributed by atoms with Crippen LogP contribution in [0.15, 0.2) is 0 Å². The number of nitrogens with one attached hydrogen (secondary N) is 1. The Morgan fingerprint density at radius 1 is 1.20 bits per heavy atom. The Morgan fingerprint density at radius 3 is 2.47 bits per heavy atom. The third-order valence-electron chi connectivity index (χ3n) is 3.59. The first-order valence-electron chi connectivity index (χ1n) is 6.46. The topological polar surface area (TPSA) is 24.5 Å². The molecule has 0 radical (unpaired) electrons. The Bertz CT molecular complexity index is 172. The van der Waals surface area contributed by atoms with E-state index in [2.05, 4.69) is 17.1 Å². The summed E-state index contributed by atoms with van der Waals surface area (Å²) in [4.78, 5) is 2.68. The van der Waals surface area contributed by atoms with Crippen molar-refractivity contribution in [1.82, 2.24) is 10.2 Å². The summed E-state index contributed by atoms with van der Waals surface area (Å²) >= 11 is 0. The van der Waals surface area contributed by atoms with Crippen molar-refractivity contribution in [3.63, 3.8) is 0 Å². The van der Waals surface area contributed by atoms with Gasteiger partial charge < -0.3 is 15.0 Å². The fraction of sp³-hybridized carbons (Fsp3) is 1.00. The Hall–Kier alpha value is -0.120. The molecule has 1 N–H and O–H groups in total. The molecule has 0 aromatic heterocycles. The van der Waals surface area contributed by atoms with Crippen LogP contribution in [-0.4, -0.2) is 49.8 Å². The van der Waals surface area contributed by atoms with Crippen LogP contribution in [0.4, 0.5) is 0 Å². The van der Waals surface area contributed by atoms with E-state index in [1.807, 2.05) is 0 Å². The zero-order valence-electron chi connectivity index (χ0n) is 9.87. The first kappa shape index (κ1) is 11.4. The third-order valence-corrected chi connectivity index (χ3v) is 3.59. The summed E-state index contributed by atoms with van der Waals surface area (Å²) in [6.07, 6.45) is 5.69. The molecular formula is C12H24N2O. The third kappa shape index (κ3) is 3.16. The van der Waals surface area contributed by atoms with E-state index in [9.17, 15) is 0 Å². The van der Waals surface area contributed by atoms with Crippen molar-refractivity contribution in [2.75, 3.05) is 32.8 Å². The lowest BCUT2D eigenvalue weighted by Crippen LogP contribution is -2.50. The van der Waals surface area contributed by atoms with E-state index in [4.69, 9.17) is 4.74 Å². The average Bonchev–Trinajstić information content (AvgIpc) is 2.12. The van der Waals surface area contributed by atoms with Gasteiger partial charge in [0.1, 0.15) is 0 Å². The highest BCUT2D eigenvalue weighted by atomic mass is 16.5. The maximum atomic E-state index is 5.62. The summed E-state index contributed by atoms with van der Waals surface area (Å²) < 4.78 is 5.62. The van der Waals surface area contributed by atoms with Gasteiger partial charge in [-0.15, -0.1) is 0 Å². The van der Waals surface area contributed by atoms with E-state index in [1.165, 1.54) is 51.9 Å². The van der Waals surface area contributed by atoms with E-state index >= 15 is 0 Å². The molecule has 3 heteroatoms. The Kier molecular flexibility index (Phi) is 4.42. The van der Waals surface area contributed by atoms with Crippen LogP contribution in [0.2, 0.25) is 0 Å². The molecule has 15 heavy (non-hydrogen) atoms. The second-order valence-corrected chi connectivity index (χ2v) is 4.70. The first-order valence-corrected chi connectivity index (χ1v) is 6.46. The quantitative estimate of drug-likeness (QED) is 0.762. The standard InChI is InChI=1S/C12H24N2O/c1-2-15-12-9-11(10-12)14-7-3-5-13-6-4-8-14/h11-13H,2-10H2,1H3. The zero-order valence-corrected chi connectivity index (χ0v) is 9.87. The summed E-state index contributed by atoms with van der Waals surface area (Å²) in [5.41, 5.74) is 0. The fourth-order valence-electron chi connectivity index (χ4n) is 2.62. The molecule has 2 rings (SSSR count). The first-order chi connectivity index (χ1) is 7.40. The van der Waals surface area contributed by atoms with Gasteiger partial charge in [0.2, 0.25) is 0 Å². The van der Waals surface area contributed by atoms with E-state index in [-0.39, 0.29) is 0 Å². The second kappa shape index (κ2) is 5.83. The highest BCUT2D eigenvalue weighted by Gasteiger charge is 2.33. The van der Waals surface area contributed by atoms with E-state index < -0.39 is 0 Å². The normalized spacial score (nSPS) is 34.2. The van der Waals surface area contributed by atoms with Crippen LogP contribution in [0, 0.1) is 0 Å². The number of hydrogen-bond donors (Lipinski definition) is 1. The molecular weight excluding hydrogens is 188 g/mol. The van der Waals surface area contributed by atoms with Crippen LogP contribution >= 0.6 is 0 Å². The number of rotatable bonds is 3. The van der Waals surface area contributed by atoms with Crippen molar-refractivity contribution < 1.29 is 4.74 Å². The van der Waals surface area contributed by atoms with E-state index in [1.54, 1.807) is 0 Å². The highest BCUT2D eigenvalue weighted by Crippen LogP contribution is 2.28. The molecule has 0 atom stereocenters. The number of nitrogens with zero attached hydrogens (tertiary/aromatic N) is 1. The van der Waals surface area contributed by atoms with Crippen molar-refractivity contribution >= 4 is 0 Å². The minimum absolute atomic E-state index is 0.559. The molecule has 0 aromatic rings. The Balaban J connectivity index is 1.69. The zero-order chi connectivity index (χ0) is 10.5. The van der Waals surface area contributed by atoms with Crippen molar-refractivity contribution in [2.24, 2.45) is 0 Å². The summed E-state index contributed by atoms with van der Waals surface area (Å²) in [7, 11) is 0. The summed E-state index contributed by atoms with van der Waals surface area (Å²) in [5, 5.41) is 3.46. The number of hydrogen-bond acceptors (Lipinski definition) is 3. The lowest BCUT2D eigenvalue weighted by molar-refractivity contribution is -0.0474. The second-order valence-electron chi connectivity index (χ2n) is 4.70. The van der Waals surface area contributed by atoms with Gasteiger partial charge in [0.15, 0.2) is 0 Å². The molecule has 1 heterocycles. The van der Waals surface area contributed by atoms with Gasteiger partial charge in [-0.3, -0.25) is 0 Å². The van der Waals surface area contributed by atoms with E-state index in [0.29, 0.717) is 6.10 Å². The molecule has 2 aliphatic rings. The van der Waals surface area contributed by atoms with Crippen LogP contribution in [0.3, 0.4) is 0 Å². The summed E-state index contributed by atoms with van der Waals surface area (Å²) in [6.45, 7) is 7.90. The molecule has 0 unspecified atom stereocenters. The highest BCUT2D eigenvalue weighted by molar-refractivity contribution is 4.88. The SMILES string of the molecule is CCOC1CC(N2CCCNCCC2)C1. The van der Waals surface area contributed by atoms with Gasteiger partial charge in [-0.25, -0.2) is 0 Å². The van der Waals surface area contributed by atoms with Crippen molar-refractivity contribution in [1.29, 1.82) is 0 Å². The van der Waals surface area contributed by atoms with Crippen LogP contribution in [-0.2, 0) is 4.74 Å². The van der Waals surface area contributed by atoms with Crippen molar-refractivity contribution in [2.45, 2.75) is 44.8 Å². The fourth-order valence-corrected chi connectivity index (χ4v) is 2.62. The molecule has 0 amide bonds. The van der Waals surface area contributed by atoms with Gasteiger partial charge in [0.25, 0.3) is 0 Å². The monoisotopic (exact) mass is 212 g/mol. The number of ether oxygens (including phenoxy) is 1. The van der Waals surface area contributed by atoms with Crippen LogP contribution in [0.25, 0.3) is 0 Å². The smallest absolute Gasteiger partial charge is 0.0604 e. The average molecular weight is 212 g/mol. The predicted octanol–water partition coefficient (Wildman–Crippen LogP) is 1.24. The van der Waals surface area contributed by atoms with Crippen LogP contribution in [0.5, 0.6) is 0 Å². The molecule has 0 aromatic carbocycles. The molecule has 88 valence electrons. The summed E-state index contributed by atoms with van der Waals surface area (Å²) in [5.74, 6) is 0. The Labute approximate surface area is 93.2 Å². The molecule has 1 saturated carbocycles. The van der Waals surface area contributed by atoms with Gasteiger partial charge in [0, 0.05) is 12.6 Å². The van der Waals surface area contributed by atoms with Gasteiger partial charge in [0.05, 0.1) is 6.10 Å². The van der Waals surface area contributed by atoms with Gasteiger partial charge in [-0.2, -0.15) is 0 Å². The van der Waals surface area contributed by atoms with Gasteiger partial charge >= 0.3 is 0 Å². The molecule has 1 saturated heterocycles. The minimum atomic E-state index is 0.559. The van der Waals surface area contributed by atoms with E-state index in [0.717, 1.165) is 12.6 Å². The largest absolute Gasteiger partial charge is 0.378 e. The Morgan fingerprint density at radius 2 is 1.87 bits per heavy atom. The molecule has 2 fully saturated rings. The lowest BCUT2D eigenvalue weighted by Gasteiger charge is -2.43. The molecule has 1 aliphatic carbocycles. The minimum Gasteiger partial charge on any atom is -0.378 e. The van der Waals surface area contributed by atoms with Crippen LogP contribution < -0.4 is 5.32 Å². The molecule has 0 bridgehead atoms. The van der Waals surface area contributed by atoms with Gasteiger partial charge in [-0.05, 0) is 58.8 Å². The molecule has 1 aliphatic heterocycles.